The van der Waals surface area contributed by atoms with Crippen molar-refractivity contribution in [3.8, 4) is 0 Å². The zero-order valence-electron chi connectivity index (χ0n) is 44.7. The second kappa shape index (κ2) is 35.7. The van der Waals surface area contributed by atoms with Gasteiger partial charge >= 0.3 is 14.6 Å². The molecule has 0 atom stereocenters. The van der Waals surface area contributed by atoms with Crippen molar-refractivity contribution in [2.75, 3.05) is 52.9 Å². The summed E-state index contributed by atoms with van der Waals surface area (Å²) in [4.78, 5) is 50.3. The Balaban J connectivity index is 0.000000381. The number of aliphatic hydroxyl groups excluding tert-OH is 1. The van der Waals surface area contributed by atoms with Gasteiger partial charge in [-0.2, -0.15) is 0 Å². The monoisotopic (exact) mass is 1090 g/mol. The van der Waals surface area contributed by atoms with Crippen LogP contribution < -0.4 is 0 Å². The van der Waals surface area contributed by atoms with Crippen LogP contribution in [0, 0.1) is 0 Å². The van der Waals surface area contributed by atoms with E-state index in [-0.39, 0.29) is 69.4 Å². The van der Waals surface area contributed by atoms with Gasteiger partial charge in [0.1, 0.15) is 0 Å². The first-order valence-corrected chi connectivity index (χ1v) is 26.1. The lowest BCUT2D eigenvalue weighted by Crippen LogP contribution is -2.31. The molecule has 0 saturated heterocycles. The van der Waals surface area contributed by atoms with Crippen molar-refractivity contribution in [3.05, 3.63) is 285 Å². The summed E-state index contributed by atoms with van der Waals surface area (Å²) in [6, 6.07) is 66.2. The molecule has 15 nitrogen and oxygen atoms in total. The van der Waals surface area contributed by atoms with E-state index in [1.54, 1.807) is 97.1 Å². The van der Waals surface area contributed by atoms with Gasteiger partial charge in [0.2, 0.25) is 0 Å². The van der Waals surface area contributed by atoms with E-state index in [9.17, 15) is 19.2 Å². The highest BCUT2D eigenvalue weighted by atomic mass is 16.7. The molecule has 0 aliphatic carbocycles. The zero-order valence-corrected chi connectivity index (χ0v) is 44.7. The maximum absolute atomic E-state index is 12.7. The quantitative estimate of drug-likeness (QED) is 0.0188. The smallest absolute Gasteiger partial charge is 0.402 e. The van der Waals surface area contributed by atoms with Crippen LogP contribution >= 0.6 is 0 Å². The van der Waals surface area contributed by atoms with Gasteiger partial charge in [-0.25, -0.2) is 0 Å². The first-order valence-electron chi connectivity index (χ1n) is 26.1. The van der Waals surface area contributed by atoms with Crippen molar-refractivity contribution in [2.24, 2.45) is 0 Å². The predicted molar refractivity (Wildman–Crippen MR) is 307 cm³/mol. The Morgan fingerprint density at radius 3 is 0.691 bits per heavy atom. The van der Waals surface area contributed by atoms with Crippen LogP contribution in [0.15, 0.2) is 218 Å². The number of rotatable bonds is 30. The topological polar surface area (TPSA) is 214 Å². The Bertz CT molecular complexity index is 2810. The summed E-state index contributed by atoms with van der Waals surface area (Å²) in [5, 5.41) is 30.1. The fourth-order valence-corrected chi connectivity index (χ4v) is 7.61. The molecule has 0 unspecified atom stereocenters. The number of benzene rings is 8. The van der Waals surface area contributed by atoms with Crippen LogP contribution in [0.5, 0.6) is 0 Å². The third-order valence-corrected chi connectivity index (χ3v) is 11.8. The summed E-state index contributed by atoms with van der Waals surface area (Å²) in [7, 11) is -3.15. The molecule has 0 aliphatic rings. The van der Waals surface area contributed by atoms with E-state index < -0.39 is 14.6 Å². The molecule has 0 amide bonds. The van der Waals surface area contributed by atoms with Gasteiger partial charge in [0, 0.05) is 44.5 Å². The van der Waals surface area contributed by atoms with Crippen molar-refractivity contribution in [3.63, 3.8) is 0 Å². The Labute approximate surface area is 472 Å². The molecule has 8 aromatic rings. The van der Waals surface area contributed by atoms with E-state index in [2.05, 4.69) is 0 Å². The lowest BCUT2D eigenvalue weighted by atomic mass is 10.0. The summed E-state index contributed by atoms with van der Waals surface area (Å²) >= 11 is 0. The summed E-state index contributed by atoms with van der Waals surface area (Å²) in [5.41, 5.74) is 8.90. The van der Waals surface area contributed by atoms with Crippen LogP contribution in [0.3, 0.4) is 0 Å². The van der Waals surface area contributed by atoms with Gasteiger partial charge in [-0.3, -0.25) is 19.2 Å². The van der Waals surface area contributed by atoms with Gasteiger partial charge in [0.15, 0.2) is 23.1 Å². The lowest BCUT2D eigenvalue weighted by molar-refractivity contribution is 0.0143. The second-order valence-corrected chi connectivity index (χ2v) is 17.7. The molecule has 0 heterocycles. The van der Waals surface area contributed by atoms with Crippen LogP contribution in [0.2, 0.25) is 0 Å². The average Bonchev–Trinajstić information content (AvgIpc) is 3.51. The molecule has 416 valence electrons. The maximum Gasteiger partial charge on any atom is 0.639 e. The summed E-state index contributed by atoms with van der Waals surface area (Å²) in [6.07, 6.45) is 0. The highest BCUT2D eigenvalue weighted by Gasteiger charge is 2.22. The number of hydrogen-bond donors (Lipinski definition) is 4. The average molecular weight is 1090 g/mol. The first-order chi connectivity index (χ1) is 39.6. The molecule has 8 rings (SSSR count). The molecule has 8 aromatic carbocycles. The minimum atomic E-state index is -2.17. The van der Waals surface area contributed by atoms with Crippen molar-refractivity contribution >= 4 is 37.8 Å². The maximum atomic E-state index is 12.7. The predicted octanol–water partition coefficient (Wildman–Crippen LogP) is 8.74. The van der Waals surface area contributed by atoms with E-state index in [4.69, 9.17) is 53.1 Å². The molecular formula is C64H64B2O15. The fraction of sp³-hybridized carbons (Fsp3) is 0.188. The molecule has 0 bridgehead atoms. The molecule has 0 saturated carbocycles. The molecule has 4 N–H and O–H groups in total. The van der Waals surface area contributed by atoms with Crippen molar-refractivity contribution < 1.29 is 72.3 Å². The third-order valence-electron chi connectivity index (χ3n) is 11.8. The number of aliphatic hydroxyl groups is 1. The fourth-order valence-electron chi connectivity index (χ4n) is 7.61. The number of carbonyl (C=O) groups is 4. The molecule has 81 heavy (non-hydrogen) atoms. The van der Waals surface area contributed by atoms with Crippen LogP contribution in [0.1, 0.15) is 85.9 Å². The third kappa shape index (κ3) is 22.7. The highest BCUT2D eigenvalue weighted by molar-refractivity contribution is 6.36. The Morgan fingerprint density at radius 1 is 0.284 bits per heavy atom. The standard InChI is InChI=1S/C48H45BO9.C16H16O3.BH3O3/c50-46(40-10-4-1-5-11-40)43-22-16-37(17-23-43)34-53-28-31-56-49(57-32-29-54-35-38-18-24-44(25-19-38)47(51)41-12-6-2-7-13-41)58-33-30-55-36-39-20-26-45(27-21-39)48(52)42-14-8-3-9-15-42;17-10-11-19-12-13-6-8-15(9-7-13)16(18)14-4-2-1-3-5-14;2-1(3)4/h1-27H,28-36H2;1-9,17H,10-12H2;2-4H. The molecular weight excluding hydrogens is 1030 g/mol. The zero-order chi connectivity index (χ0) is 57.3. The molecule has 0 radical (unpaired) electrons. The van der Waals surface area contributed by atoms with E-state index in [0.717, 1.165) is 22.3 Å². The van der Waals surface area contributed by atoms with Crippen LogP contribution in [0.25, 0.3) is 0 Å². The molecule has 0 aromatic heterocycles. The van der Waals surface area contributed by atoms with Crippen LogP contribution in [0.4, 0.5) is 0 Å². The van der Waals surface area contributed by atoms with Gasteiger partial charge in [0.05, 0.1) is 79.3 Å². The van der Waals surface area contributed by atoms with E-state index in [1.165, 1.54) is 0 Å². The van der Waals surface area contributed by atoms with Crippen molar-refractivity contribution in [1.82, 2.24) is 0 Å². The normalized spacial score (nSPS) is 10.6. The van der Waals surface area contributed by atoms with Crippen molar-refractivity contribution in [2.45, 2.75) is 26.4 Å². The SMILES string of the molecule is O=C(c1ccccc1)c1ccc(COCCO)cc1.O=C(c1ccccc1)c1ccc(COCCOB(OCCOCc2ccc(C(=O)c3ccccc3)cc2)OCCOCc2ccc(C(=O)c3ccccc3)cc2)cc1.OB(O)O. The Morgan fingerprint density at radius 2 is 0.481 bits per heavy atom. The first kappa shape index (κ1) is 62.3. The minimum Gasteiger partial charge on any atom is -0.402 e. The van der Waals surface area contributed by atoms with Gasteiger partial charge in [-0.1, -0.05) is 218 Å². The minimum absolute atomic E-state index is 0.0171. The van der Waals surface area contributed by atoms with E-state index in [1.807, 2.05) is 121 Å². The number of ketones is 4. The van der Waals surface area contributed by atoms with Gasteiger partial charge < -0.3 is 53.1 Å². The van der Waals surface area contributed by atoms with Gasteiger partial charge in [-0.15, -0.1) is 0 Å². The number of ether oxygens (including phenoxy) is 4. The molecule has 0 fully saturated rings. The van der Waals surface area contributed by atoms with Gasteiger partial charge in [0.25, 0.3) is 0 Å². The summed E-state index contributed by atoms with van der Waals surface area (Å²) < 4.78 is 40.3. The van der Waals surface area contributed by atoms with E-state index in [0.29, 0.717) is 77.5 Å². The summed E-state index contributed by atoms with van der Waals surface area (Å²) in [5.74, 6) is -0.0661. The van der Waals surface area contributed by atoms with Gasteiger partial charge in [-0.05, 0) is 22.3 Å². The Kier molecular flexibility index (Phi) is 27.5. The van der Waals surface area contributed by atoms with E-state index >= 15 is 0 Å². The number of carbonyl (C=O) groups excluding carboxylic acids is 4. The largest absolute Gasteiger partial charge is 0.639 e. The Hall–Kier alpha value is -7.87. The molecule has 0 aliphatic heterocycles. The molecule has 0 spiro atoms. The number of hydrogen-bond acceptors (Lipinski definition) is 15. The summed E-state index contributed by atoms with van der Waals surface area (Å²) in [6.45, 7) is 3.30. The second-order valence-electron chi connectivity index (χ2n) is 17.7. The highest BCUT2D eigenvalue weighted by Crippen LogP contribution is 2.16. The lowest BCUT2D eigenvalue weighted by Gasteiger charge is -2.15. The van der Waals surface area contributed by atoms with Crippen LogP contribution in [-0.2, 0) is 59.3 Å². The molecule has 17 heteroatoms. The van der Waals surface area contributed by atoms with Crippen LogP contribution in [-0.4, -0.2) is 111 Å². The van der Waals surface area contributed by atoms with Crippen molar-refractivity contribution in [1.29, 1.82) is 0 Å².